The molecule has 1 aromatic carbocycles. The maximum absolute atomic E-state index is 11.9. The van der Waals surface area contributed by atoms with Crippen molar-refractivity contribution in [3.63, 3.8) is 0 Å². The van der Waals surface area contributed by atoms with Gasteiger partial charge in [-0.05, 0) is 43.4 Å². The minimum Gasteiger partial charge on any atom is -0.399 e. The molecule has 3 heteroatoms. The number of amides is 1. The highest BCUT2D eigenvalue weighted by Crippen LogP contribution is 2.12. The Morgan fingerprint density at radius 1 is 1.41 bits per heavy atom. The first-order valence-corrected chi connectivity index (χ1v) is 6.15. The Balaban J connectivity index is 2.49. The van der Waals surface area contributed by atoms with Crippen molar-refractivity contribution in [2.75, 3.05) is 12.3 Å². The molecule has 0 unspecified atom stereocenters. The molecule has 0 radical (unpaired) electrons. The lowest BCUT2D eigenvalue weighted by molar-refractivity contribution is 0.0952. The number of nitrogens with two attached hydrogens (primary N) is 1. The van der Waals surface area contributed by atoms with Crippen molar-refractivity contribution < 1.29 is 4.79 Å². The van der Waals surface area contributed by atoms with E-state index in [4.69, 9.17) is 5.73 Å². The quantitative estimate of drug-likeness (QED) is 0.608. The first-order valence-electron chi connectivity index (χ1n) is 6.15. The van der Waals surface area contributed by atoms with E-state index in [1.54, 1.807) is 6.07 Å². The number of rotatable bonds is 5. The maximum Gasteiger partial charge on any atom is 0.251 e. The van der Waals surface area contributed by atoms with Gasteiger partial charge in [0.15, 0.2) is 0 Å². The van der Waals surface area contributed by atoms with Crippen LogP contribution in [-0.4, -0.2) is 12.5 Å². The van der Waals surface area contributed by atoms with Crippen LogP contribution in [0.2, 0.25) is 0 Å². The number of nitrogen functional groups attached to an aromatic ring is 1. The first-order chi connectivity index (χ1) is 8.00. The van der Waals surface area contributed by atoms with Crippen LogP contribution in [0.25, 0.3) is 0 Å². The van der Waals surface area contributed by atoms with Gasteiger partial charge >= 0.3 is 0 Å². The third kappa shape index (κ3) is 4.47. The molecule has 0 bridgehead atoms. The molecule has 0 fully saturated rings. The average molecular weight is 234 g/mol. The predicted octanol–water partition coefficient (Wildman–Crippen LogP) is 2.74. The Labute approximate surface area is 103 Å². The summed E-state index contributed by atoms with van der Waals surface area (Å²) in [4.78, 5) is 11.9. The van der Waals surface area contributed by atoms with Crippen LogP contribution >= 0.6 is 0 Å². The summed E-state index contributed by atoms with van der Waals surface area (Å²) in [6.07, 6.45) is 2.15. The summed E-state index contributed by atoms with van der Waals surface area (Å²) >= 11 is 0. The van der Waals surface area contributed by atoms with E-state index in [1.807, 2.05) is 19.1 Å². The molecule has 0 aliphatic rings. The number of aryl methyl sites for hydroxylation is 1. The third-order valence-electron chi connectivity index (χ3n) is 2.75. The molecule has 1 amide bonds. The molecule has 0 saturated heterocycles. The van der Waals surface area contributed by atoms with Gasteiger partial charge in [-0.1, -0.05) is 19.9 Å². The summed E-state index contributed by atoms with van der Waals surface area (Å²) in [6, 6.07) is 5.41. The van der Waals surface area contributed by atoms with Gasteiger partial charge in [0.05, 0.1) is 0 Å². The molecule has 0 aromatic heterocycles. The van der Waals surface area contributed by atoms with Crippen molar-refractivity contribution in [3.05, 3.63) is 29.3 Å². The standard InChI is InChI=1S/C14H22N2O/c1-10(2)5-4-8-16-14(17)13-9-12(15)7-6-11(13)3/h6-7,9-10H,4-5,8,15H2,1-3H3,(H,16,17). The number of anilines is 1. The minimum absolute atomic E-state index is 0.0291. The van der Waals surface area contributed by atoms with Crippen LogP contribution in [0.3, 0.4) is 0 Å². The van der Waals surface area contributed by atoms with Gasteiger partial charge in [-0.2, -0.15) is 0 Å². The highest BCUT2D eigenvalue weighted by Gasteiger charge is 2.08. The molecule has 17 heavy (non-hydrogen) atoms. The van der Waals surface area contributed by atoms with Gasteiger partial charge in [-0.15, -0.1) is 0 Å². The van der Waals surface area contributed by atoms with Crippen molar-refractivity contribution in [1.82, 2.24) is 5.32 Å². The van der Waals surface area contributed by atoms with E-state index in [2.05, 4.69) is 19.2 Å². The van der Waals surface area contributed by atoms with Gasteiger partial charge in [0, 0.05) is 17.8 Å². The molecule has 3 N–H and O–H groups in total. The zero-order valence-electron chi connectivity index (χ0n) is 10.9. The van der Waals surface area contributed by atoms with Gasteiger partial charge in [0.2, 0.25) is 0 Å². The smallest absolute Gasteiger partial charge is 0.251 e. The third-order valence-corrected chi connectivity index (χ3v) is 2.75. The minimum atomic E-state index is -0.0291. The van der Waals surface area contributed by atoms with E-state index >= 15 is 0 Å². The zero-order valence-corrected chi connectivity index (χ0v) is 10.9. The molecule has 1 rings (SSSR count). The largest absolute Gasteiger partial charge is 0.399 e. The van der Waals surface area contributed by atoms with E-state index < -0.39 is 0 Å². The monoisotopic (exact) mass is 234 g/mol. The van der Waals surface area contributed by atoms with Crippen LogP contribution in [-0.2, 0) is 0 Å². The fourth-order valence-corrected chi connectivity index (χ4v) is 1.69. The van der Waals surface area contributed by atoms with Crippen molar-refractivity contribution >= 4 is 11.6 Å². The summed E-state index contributed by atoms with van der Waals surface area (Å²) < 4.78 is 0. The number of nitrogens with one attached hydrogen (secondary N) is 1. The Morgan fingerprint density at radius 3 is 2.76 bits per heavy atom. The van der Waals surface area contributed by atoms with Gasteiger partial charge < -0.3 is 11.1 Å². The SMILES string of the molecule is Cc1ccc(N)cc1C(=O)NCCCC(C)C. The molecule has 1 aromatic rings. The van der Waals surface area contributed by atoms with Crippen LogP contribution in [0.5, 0.6) is 0 Å². The average Bonchev–Trinajstić information content (AvgIpc) is 2.27. The van der Waals surface area contributed by atoms with E-state index in [0.717, 1.165) is 24.9 Å². The Kier molecular flexibility index (Phi) is 5.01. The maximum atomic E-state index is 11.9. The lowest BCUT2D eigenvalue weighted by atomic mass is 10.1. The molecular weight excluding hydrogens is 212 g/mol. The molecular formula is C14H22N2O. The molecule has 0 heterocycles. The molecule has 94 valence electrons. The summed E-state index contributed by atoms with van der Waals surface area (Å²) in [7, 11) is 0. The zero-order chi connectivity index (χ0) is 12.8. The van der Waals surface area contributed by atoms with Crippen LogP contribution in [0.4, 0.5) is 5.69 Å². The Hall–Kier alpha value is -1.51. The summed E-state index contributed by atoms with van der Waals surface area (Å²) in [5.74, 6) is 0.652. The van der Waals surface area contributed by atoms with Crippen LogP contribution in [0, 0.1) is 12.8 Å². The fourth-order valence-electron chi connectivity index (χ4n) is 1.69. The van der Waals surface area contributed by atoms with E-state index in [-0.39, 0.29) is 5.91 Å². The second-order valence-corrected chi connectivity index (χ2v) is 4.87. The molecule has 0 aliphatic carbocycles. The second-order valence-electron chi connectivity index (χ2n) is 4.87. The van der Waals surface area contributed by atoms with E-state index in [9.17, 15) is 4.79 Å². The van der Waals surface area contributed by atoms with Crippen molar-refractivity contribution in [2.45, 2.75) is 33.6 Å². The van der Waals surface area contributed by atoms with Crippen LogP contribution < -0.4 is 11.1 Å². The van der Waals surface area contributed by atoms with Crippen LogP contribution in [0.1, 0.15) is 42.6 Å². The van der Waals surface area contributed by atoms with Crippen LogP contribution in [0.15, 0.2) is 18.2 Å². The van der Waals surface area contributed by atoms with Gasteiger partial charge in [0.25, 0.3) is 5.91 Å². The Morgan fingerprint density at radius 2 is 2.12 bits per heavy atom. The summed E-state index contributed by atoms with van der Waals surface area (Å²) in [5.41, 5.74) is 7.94. The van der Waals surface area contributed by atoms with Gasteiger partial charge in [0.1, 0.15) is 0 Å². The van der Waals surface area contributed by atoms with E-state index in [1.165, 1.54) is 0 Å². The molecule has 0 atom stereocenters. The van der Waals surface area contributed by atoms with Crippen molar-refractivity contribution in [2.24, 2.45) is 5.92 Å². The summed E-state index contributed by atoms with van der Waals surface area (Å²) in [5, 5.41) is 2.93. The number of hydrogen-bond acceptors (Lipinski definition) is 2. The van der Waals surface area contributed by atoms with E-state index in [0.29, 0.717) is 17.2 Å². The number of carbonyl (C=O) groups is 1. The number of carbonyl (C=O) groups excluding carboxylic acids is 1. The highest BCUT2D eigenvalue weighted by molar-refractivity contribution is 5.96. The van der Waals surface area contributed by atoms with Gasteiger partial charge in [-0.3, -0.25) is 4.79 Å². The highest BCUT2D eigenvalue weighted by atomic mass is 16.1. The summed E-state index contributed by atoms with van der Waals surface area (Å²) in [6.45, 7) is 7.02. The Bertz CT molecular complexity index is 386. The topological polar surface area (TPSA) is 55.1 Å². The lowest BCUT2D eigenvalue weighted by Gasteiger charge is -2.09. The second kappa shape index (κ2) is 6.28. The molecule has 0 saturated carbocycles. The number of benzene rings is 1. The lowest BCUT2D eigenvalue weighted by Crippen LogP contribution is -2.25. The normalized spacial score (nSPS) is 10.6. The fraction of sp³-hybridized carbons (Fsp3) is 0.500. The van der Waals surface area contributed by atoms with Crippen molar-refractivity contribution in [1.29, 1.82) is 0 Å². The number of hydrogen-bond donors (Lipinski definition) is 2. The van der Waals surface area contributed by atoms with Gasteiger partial charge in [-0.25, -0.2) is 0 Å². The molecule has 3 nitrogen and oxygen atoms in total. The van der Waals surface area contributed by atoms with Crippen molar-refractivity contribution in [3.8, 4) is 0 Å². The molecule has 0 aliphatic heterocycles. The first kappa shape index (κ1) is 13.6. The predicted molar refractivity (Wildman–Crippen MR) is 72.0 cm³/mol. The molecule has 0 spiro atoms.